The van der Waals surface area contributed by atoms with Crippen LogP contribution in [0.15, 0.2) is 36.7 Å². The van der Waals surface area contributed by atoms with Crippen molar-refractivity contribution < 1.29 is 9.59 Å². The minimum atomic E-state index is -0.674. The lowest BCUT2D eigenvalue weighted by atomic mass is 9.89. The Labute approximate surface area is 214 Å². The fraction of sp³-hybridized carbons (Fsp3) is 0.462. The molecule has 2 saturated heterocycles. The van der Waals surface area contributed by atoms with Gasteiger partial charge in [-0.1, -0.05) is 24.6 Å². The van der Waals surface area contributed by atoms with Crippen LogP contribution in [0.1, 0.15) is 55.1 Å². The van der Waals surface area contributed by atoms with Gasteiger partial charge < -0.3 is 15.1 Å². The number of nitrogens with one attached hydrogen (secondary N) is 1. The topological polar surface area (TPSA) is 78.4 Å². The van der Waals surface area contributed by atoms with E-state index in [9.17, 15) is 9.59 Å². The Morgan fingerprint density at radius 2 is 1.91 bits per heavy atom. The molecule has 35 heavy (non-hydrogen) atoms. The summed E-state index contributed by atoms with van der Waals surface area (Å²) in [6.45, 7) is 4.88. The number of nitrogens with zero attached hydrogens (tertiary/aromatic N) is 4. The fourth-order valence-corrected chi connectivity index (χ4v) is 6.41. The van der Waals surface area contributed by atoms with Crippen molar-refractivity contribution in [3.05, 3.63) is 52.3 Å². The van der Waals surface area contributed by atoms with Crippen LogP contribution in [0, 0.1) is 5.92 Å². The molecule has 7 nitrogen and oxygen atoms in total. The van der Waals surface area contributed by atoms with Gasteiger partial charge in [-0.05, 0) is 75.5 Å². The number of aromatic nitrogens is 2. The molecule has 9 heteroatoms. The Kier molecular flexibility index (Phi) is 7.05. The highest BCUT2D eigenvalue weighted by Crippen LogP contribution is 2.38. The second-order valence-electron chi connectivity index (χ2n) is 9.86. The maximum absolute atomic E-state index is 13.3. The highest BCUT2D eigenvalue weighted by Gasteiger charge is 2.34. The fourth-order valence-electron chi connectivity index (χ4n) is 5.12. The van der Waals surface area contributed by atoms with E-state index in [0.717, 1.165) is 49.9 Å². The molecule has 0 bridgehead atoms. The van der Waals surface area contributed by atoms with Crippen LogP contribution in [0.4, 0.5) is 5.69 Å². The lowest BCUT2D eigenvalue weighted by Gasteiger charge is -2.38. The first-order valence-electron chi connectivity index (χ1n) is 12.2. The summed E-state index contributed by atoms with van der Waals surface area (Å²) in [7, 11) is 2.17. The number of likely N-dealkylation sites (tertiary alicyclic amines) is 2. The van der Waals surface area contributed by atoms with Crippen LogP contribution >= 0.6 is 22.9 Å². The Morgan fingerprint density at radius 3 is 2.69 bits per heavy atom. The van der Waals surface area contributed by atoms with Crippen molar-refractivity contribution in [1.82, 2.24) is 19.8 Å². The third-order valence-electron chi connectivity index (χ3n) is 7.12. The van der Waals surface area contributed by atoms with Crippen LogP contribution in [0.5, 0.6) is 0 Å². The molecule has 0 radical (unpaired) electrons. The van der Waals surface area contributed by atoms with Gasteiger partial charge in [0.1, 0.15) is 0 Å². The number of hydrogen-bond donors (Lipinski definition) is 1. The van der Waals surface area contributed by atoms with E-state index in [1.807, 2.05) is 0 Å². The number of anilines is 1. The normalized spacial score (nSPS) is 21.9. The molecule has 0 unspecified atom stereocenters. The van der Waals surface area contributed by atoms with Gasteiger partial charge in [-0.2, -0.15) is 0 Å². The quantitative estimate of drug-likeness (QED) is 0.495. The van der Waals surface area contributed by atoms with E-state index in [1.165, 1.54) is 22.1 Å². The van der Waals surface area contributed by atoms with Gasteiger partial charge in [-0.25, -0.2) is 4.98 Å². The molecule has 0 spiro atoms. The van der Waals surface area contributed by atoms with Gasteiger partial charge >= 0.3 is 11.8 Å². The zero-order valence-corrected chi connectivity index (χ0v) is 21.6. The molecular formula is C26H30ClN5O2S. The minimum absolute atomic E-state index is 0.153. The van der Waals surface area contributed by atoms with Crippen molar-refractivity contribution in [3.8, 4) is 0 Å². The molecule has 3 aromatic rings. The Morgan fingerprint density at radius 1 is 1.11 bits per heavy atom. The second-order valence-corrected chi connectivity index (χ2v) is 11.4. The summed E-state index contributed by atoms with van der Waals surface area (Å²) in [6, 6.07) is 7.76. The number of carbonyl (C=O) groups excluding carboxylic acids is 2. The largest absolute Gasteiger partial charge is 0.327 e. The van der Waals surface area contributed by atoms with E-state index in [1.54, 1.807) is 22.3 Å². The minimum Gasteiger partial charge on any atom is -0.327 e. The lowest BCUT2D eigenvalue weighted by Crippen LogP contribution is -2.46. The predicted molar refractivity (Wildman–Crippen MR) is 140 cm³/mol. The van der Waals surface area contributed by atoms with E-state index in [0.29, 0.717) is 29.1 Å². The highest BCUT2D eigenvalue weighted by atomic mass is 35.5. The van der Waals surface area contributed by atoms with Crippen LogP contribution < -0.4 is 5.32 Å². The second kappa shape index (κ2) is 10.2. The lowest BCUT2D eigenvalue weighted by molar-refractivity contribution is -0.146. The van der Waals surface area contributed by atoms with Crippen molar-refractivity contribution in [3.63, 3.8) is 0 Å². The van der Waals surface area contributed by atoms with Gasteiger partial charge in [-0.15, -0.1) is 11.3 Å². The number of hydrogen-bond acceptors (Lipinski definition) is 6. The van der Waals surface area contributed by atoms with Crippen LogP contribution in [-0.2, 0) is 9.59 Å². The molecule has 2 amide bonds. The van der Waals surface area contributed by atoms with Crippen LogP contribution in [0.2, 0.25) is 5.02 Å². The van der Waals surface area contributed by atoms with Crippen LogP contribution in [0.25, 0.3) is 10.2 Å². The molecule has 1 aromatic carbocycles. The number of benzene rings is 1. The van der Waals surface area contributed by atoms with Crippen molar-refractivity contribution in [2.75, 3.05) is 32.0 Å². The first-order valence-corrected chi connectivity index (χ1v) is 13.4. The summed E-state index contributed by atoms with van der Waals surface area (Å²) in [6.07, 6.45) is 7.06. The third-order valence-corrected chi connectivity index (χ3v) is 8.52. The molecular weight excluding hydrogens is 482 g/mol. The Bertz CT molecular complexity index is 1240. The number of carbonyl (C=O) groups is 2. The van der Waals surface area contributed by atoms with Crippen molar-refractivity contribution in [2.45, 2.75) is 44.6 Å². The standard InChI is InChI=1S/C26H30ClN5O2S/c1-16-3-5-22(32(15-16)26(34)24(33)29-20-12-19(27)13-28-14-20)18-4-6-23-21(11-18)30-25(35-23)17-7-9-31(2)10-8-17/h4,6,11-14,16-17,22H,3,5,7-10,15H2,1-2H3,(H,29,33)/t16-,22+/m0/s1. The number of pyridine rings is 1. The average Bonchev–Trinajstić information content (AvgIpc) is 3.27. The molecule has 2 aromatic heterocycles. The zero-order valence-electron chi connectivity index (χ0n) is 20.0. The molecule has 2 atom stereocenters. The average molecular weight is 512 g/mol. The molecule has 5 rings (SSSR count). The maximum Gasteiger partial charge on any atom is 0.313 e. The molecule has 0 saturated carbocycles. The number of thiazole rings is 1. The smallest absolute Gasteiger partial charge is 0.313 e. The molecule has 0 aliphatic carbocycles. The van der Waals surface area contributed by atoms with Crippen molar-refractivity contribution in [1.29, 1.82) is 0 Å². The SMILES string of the molecule is C[C@H]1CC[C@H](c2ccc3sc(C4CCN(C)CC4)nc3c2)N(C(=O)C(=O)Nc2cncc(Cl)c2)C1. The van der Waals surface area contributed by atoms with Crippen molar-refractivity contribution >= 4 is 50.7 Å². The predicted octanol–water partition coefficient (Wildman–Crippen LogP) is 5.09. The van der Waals surface area contributed by atoms with Crippen molar-refractivity contribution in [2.24, 2.45) is 5.92 Å². The molecule has 4 heterocycles. The van der Waals surface area contributed by atoms with Crippen LogP contribution in [0.3, 0.4) is 0 Å². The van der Waals surface area contributed by atoms with Gasteiger partial charge in [0.2, 0.25) is 0 Å². The first kappa shape index (κ1) is 24.2. The summed E-state index contributed by atoms with van der Waals surface area (Å²) >= 11 is 7.75. The van der Waals surface area contributed by atoms with E-state index in [-0.39, 0.29) is 6.04 Å². The number of piperidine rings is 2. The Hall–Kier alpha value is -2.55. The van der Waals surface area contributed by atoms with E-state index >= 15 is 0 Å². The zero-order chi connectivity index (χ0) is 24.5. The molecule has 1 N–H and O–H groups in total. The summed E-state index contributed by atoms with van der Waals surface area (Å²) in [5, 5.41) is 4.26. The van der Waals surface area contributed by atoms with E-state index in [2.05, 4.69) is 47.4 Å². The Balaban J connectivity index is 1.37. The van der Waals surface area contributed by atoms with E-state index < -0.39 is 11.8 Å². The van der Waals surface area contributed by atoms with Crippen LogP contribution in [-0.4, -0.2) is 58.3 Å². The molecule has 2 aliphatic rings. The van der Waals surface area contributed by atoms with Gasteiger partial charge in [0.15, 0.2) is 0 Å². The molecule has 2 fully saturated rings. The maximum atomic E-state index is 13.3. The number of halogens is 1. The first-order chi connectivity index (χ1) is 16.9. The molecule has 2 aliphatic heterocycles. The summed E-state index contributed by atoms with van der Waals surface area (Å²) in [5.41, 5.74) is 2.43. The van der Waals surface area contributed by atoms with Gasteiger partial charge in [-0.3, -0.25) is 14.6 Å². The van der Waals surface area contributed by atoms with E-state index in [4.69, 9.17) is 16.6 Å². The summed E-state index contributed by atoms with van der Waals surface area (Å²) in [5.74, 6) is -0.362. The number of rotatable bonds is 3. The third kappa shape index (κ3) is 5.34. The van der Waals surface area contributed by atoms with Gasteiger partial charge in [0.25, 0.3) is 0 Å². The summed E-state index contributed by atoms with van der Waals surface area (Å²) < 4.78 is 1.18. The number of fused-ring (bicyclic) bond motifs is 1. The number of amides is 2. The van der Waals surface area contributed by atoms with Gasteiger partial charge in [0, 0.05) is 18.7 Å². The van der Waals surface area contributed by atoms with Gasteiger partial charge in [0.05, 0.1) is 38.2 Å². The summed E-state index contributed by atoms with van der Waals surface area (Å²) in [4.78, 5) is 39.2. The highest BCUT2D eigenvalue weighted by molar-refractivity contribution is 7.18. The monoisotopic (exact) mass is 511 g/mol. The molecule has 184 valence electrons.